The van der Waals surface area contributed by atoms with E-state index >= 15 is 0 Å². The summed E-state index contributed by atoms with van der Waals surface area (Å²) in [6.45, 7) is 1.24. The highest BCUT2D eigenvalue weighted by molar-refractivity contribution is 5.75. The molecule has 16 heavy (non-hydrogen) atoms. The highest BCUT2D eigenvalue weighted by Crippen LogP contribution is 1.83. The minimum absolute atomic E-state index is 0.0622. The monoisotopic (exact) mass is 224 g/mol. The molecule has 1 rings (SSSR count). The third kappa shape index (κ3) is 4.27. The molecule has 0 aliphatic rings. The van der Waals surface area contributed by atoms with Crippen LogP contribution >= 0.6 is 0 Å². The molecule has 0 radical (unpaired) electrons. The largest absolute Gasteiger partial charge is 0.385 e. The first-order chi connectivity index (χ1) is 7.74. The van der Waals surface area contributed by atoms with Gasteiger partial charge >= 0.3 is 0 Å². The minimum Gasteiger partial charge on any atom is -0.385 e. The predicted octanol–water partition coefficient (Wildman–Crippen LogP) is 0.001000. The van der Waals surface area contributed by atoms with E-state index in [0.29, 0.717) is 13.2 Å². The standard InChI is InChI=1S/C11H16N2O3/c1-16-8-4-6-12-10(14)9-13-7-3-2-5-11(13)15/h2-3,5,7H,4,6,8-9H2,1H3,(H,12,14). The van der Waals surface area contributed by atoms with Crippen LogP contribution in [0.5, 0.6) is 0 Å². The molecule has 0 fully saturated rings. The van der Waals surface area contributed by atoms with E-state index in [4.69, 9.17) is 4.74 Å². The van der Waals surface area contributed by atoms with Crippen LogP contribution in [0.15, 0.2) is 29.2 Å². The van der Waals surface area contributed by atoms with Crippen molar-refractivity contribution in [3.63, 3.8) is 0 Å². The number of ether oxygens (including phenoxy) is 1. The highest BCUT2D eigenvalue weighted by Gasteiger charge is 2.02. The lowest BCUT2D eigenvalue weighted by molar-refractivity contribution is -0.121. The third-order valence-corrected chi connectivity index (χ3v) is 2.06. The van der Waals surface area contributed by atoms with E-state index in [-0.39, 0.29) is 18.0 Å². The molecule has 0 unspecified atom stereocenters. The van der Waals surface area contributed by atoms with E-state index in [2.05, 4.69) is 5.32 Å². The molecule has 0 saturated heterocycles. The Morgan fingerprint density at radius 3 is 3.00 bits per heavy atom. The van der Waals surface area contributed by atoms with Crippen LogP contribution in [-0.4, -0.2) is 30.7 Å². The Morgan fingerprint density at radius 1 is 1.50 bits per heavy atom. The molecule has 1 heterocycles. The second-order valence-corrected chi connectivity index (χ2v) is 3.36. The Morgan fingerprint density at radius 2 is 2.31 bits per heavy atom. The Hall–Kier alpha value is -1.62. The number of pyridine rings is 1. The van der Waals surface area contributed by atoms with Gasteiger partial charge in [-0.1, -0.05) is 6.07 Å². The average Bonchev–Trinajstić information content (AvgIpc) is 2.28. The summed E-state index contributed by atoms with van der Waals surface area (Å²) in [5, 5.41) is 2.71. The molecule has 5 nitrogen and oxygen atoms in total. The normalized spacial score (nSPS) is 10.1. The average molecular weight is 224 g/mol. The molecule has 5 heteroatoms. The lowest BCUT2D eigenvalue weighted by Gasteiger charge is -2.06. The van der Waals surface area contributed by atoms with E-state index in [9.17, 15) is 9.59 Å². The molecule has 0 bridgehead atoms. The van der Waals surface area contributed by atoms with Gasteiger partial charge in [-0.25, -0.2) is 0 Å². The van der Waals surface area contributed by atoms with Gasteiger partial charge in [0.25, 0.3) is 5.56 Å². The molecular formula is C11H16N2O3. The van der Waals surface area contributed by atoms with Crippen LogP contribution < -0.4 is 10.9 Å². The van der Waals surface area contributed by atoms with Crippen molar-refractivity contribution in [3.05, 3.63) is 34.7 Å². The van der Waals surface area contributed by atoms with Crippen LogP contribution in [-0.2, 0) is 16.1 Å². The van der Waals surface area contributed by atoms with Gasteiger partial charge in [-0.05, 0) is 12.5 Å². The molecule has 0 saturated carbocycles. The SMILES string of the molecule is COCCCNC(=O)Cn1ccccc1=O. The number of methoxy groups -OCH3 is 1. The van der Waals surface area contributed by atoms with Gasteiger partial charge in [0.05, 0.1) is 0 Å². The van der Waals surface area contributed by atoms with Gasteiger partial charge in [-0.3, -0.25) is 9.59 Å². The van der Waals surface area contributed by atoms with E-state index in [1.807, 2.05) is 0 Å². The van der Waals surface area contributed by atoms with Crippen LogP contribution in [0.2, 0.25) is 0 Å². The molecule has 1 aromatic heterocycles. The zero-order valence-electron chi connectivity index (χ0n) is 9.31. The molecule has 1 amide bonds. The fourth-order valence-electron chi connectivity index (χ4n) is 1.25. The molecule has 0 aliphatic carbocycles. The van der Waals surface area contributed by atoms with E-state index in [1.165, 1.54) is 10.6 Å². The van der Waals surface area contributed by atoms with Crippen molar-refractivity contribution in [2.45, 2.75) is 13.0 Å². The summed E-state index contributed by atoms with van der Waals surface area (Å²) in [6, 6.07) is 4.80. The van der Waals surface area contributed by atoms with Crippen molar-refractivity contribution < 1.29 is 9.53 Å². The smallest absolute Gasteiger partial charge is 0.250 e. The number of hydrogen-bond donors (Lipinski definition) is 1. The summed E-state index contributed by atoms with van der Waals surface area (Å²) in [5.41, 5.74) is -0.172. The molecule has 0 aliphatic heterocycles. The second kappa shape index (κ2) is 6.79. The lowest BCUT2D eigenvalue weighted by atomic mass is 10.4. The first kappa shape index (κ1) is 12.4. The maximum absolute atomic E-state index is 11.4. The van der Waals surface area contributed by atoms with Gasteiger partial charge in [0, 0.05) is 32.5 Å². The summed E-state index contributed by atoms with van der Waals surface area (Å²) in [7, 11) is 1.62. The summed E-state index contributed by atoms with van der Waals surface area (Å²) >= 11 is 0. The summed E-state index contributed by atoms with van der Waals surface area (Å²) in [4.78, 5) is 22.7. The molecule has 88 valence electrons. The maximum Gasteiger partial charge on any atom is 0.250 e. The molecule has 1 N–H and O–H groups in total. The zero-order chi connectivity index (χ0) is 11.8. The summed E-state index contributed by atoms with van der Waals surface area (Å²) in [5.74, 6) is -0.163. The van der Waals surface area contributed by atoms with E-state index < -0.39 is 0 Å². The quantitative estimate of drug-likeness (QED) is 0.692. The highest BCUT2D eigenvalue weighted by atomic mass is 16.5. The van der Waals surface area contributed by atoms with Gasteiger partial charge in [0.1, 0.15) is 6.54 Å². The molecule has 0 atom stereocenters. The predicted molar refractivity (Wildman–Crippen MR) is 60.2 cm³/mol. The van der Waals surface area contributed by atoms with Crippen molar-refractivity contribution >= 4 is 5.91 Å². The topological polar surface area (TPSA) is 60.3 Å². The van der Waals surface area contributed by atoms with E-state index in [1.54, 1.807) is 25.4 Å². The van der Waals surface area contributed by atoms with Gasteiger partial charge in [0.15, 0.2) is 0 Å². The minimum atomic E-state index is -0.172. The van der Waals surface area contributed by atoms with Gasteiger partial charge in [-0.2, -0.15) is 0 Å². The van der Waals surface area contributed by atoms with Crippen molar-refractivity contribution in [1.82, 2.24) is 9.88 Å². The van der Waals surface area contributed by atoms with Gasteiger partial charge < -0.3 is 14.6 Å². The number of carbonyl (C=O) groups excluding carboxylic acids is 1. The number of aromatic nitrogens is 1. The number of rotatable bonds is 6. The van der Waals surface area contributed by atoms with Crippen LogP contribution in [0, 0.1) is 0 Å². The summed E-state index contributed by atoms with van der Waals surface area (Å²) < 4.78 is 6.22. The number of hydrogen-bond acceptors (Lipinski definition) is 3. The number of nitrogens with zero attached hydrogens (tertiary/aromatic N) is 1. The van der Waals surface area contributed by atoms with Crippen molar-refractivity contribution in [1.29, 1.82) is 0 Å². The molecule has 1 aromatic rings. The van der Waals surface area contributed by atoms with Crippen LogP contribution in [0.1, 0.15) is 6.42 Å². The first-order valence-corrected chi connectivity index (χ1v) is 5.15. The van der Waals surface area contributed by atoms with Gasteiger partial charge in [0.2, 0.25) is 5.91 Å². The Labute approximate surface area is 94.0 Å². The zero-order valence-corrected chi connectivity index (χ0v) is 9.31. The number of carbonyl (C=O) groups is 1. The van der Waals surface area contributed by atoms with Crippen molar-refractivity contribution in [3.8, 4) is 0 Å². The second-order valence-electron chi connectivity index (χ2n) is 3.36. The number of nitrogens with one attached hydrogen (secondary N) is 1. The first-order valence-electron chi connectivity index (χ1n) is 5.15. The Balaban J connectivity index is 2.35. The van der Waals surface area contributed by atoms with Crippen molar-refractivity contribution in [2.24, 2.45) is 0 Å². The van der Waals surface area contributed by atoms with Gasteiger partial charge in [-0.15, -0.1) is 0 Å². The van der Waals surface area contributed by atoms with E-state index in [0.717, 1.165) is 6.42 Å². The maximum atomic E-state index is 11.4. The van der Waals surface area contributed by atoms with Crippen LogP contribution in [0.3, 0.4) is 0 Å². The van der Waals surface area contributed by atoms with Crippen LogP contribution in [0.25, 0.3) is 0 Å². The lowest BCUT2D eigenvalue weighted by Crippen LogP contribution is -2.32. The Kier molecular flexibility index (Phi) is 5.28. The molecular weight excluding hydrogens is 208 g/mol. The van der Waals surface area contributed by atoms with Crippen LogP contribution in [0.4, 0.5) is 0 Å². The fraction of sp³-hybridized carbons (Fsp3) is 0.455. The number of amides is 1. The molecule has 0 spiro atoms. The fourth-order valence-corrected chi connectivity index (χ4v) is 1.25. The summed E-state index contributed by atoms with van der Waals surface area (Å²) in [6.07, 6.45) is 2.36. The third-order valence-electron chi connectivity index (χ3n) is 2.06. The molecule has 0 aromatic carbocycles. The Bertz CT molecular complexity index is 387. The van der Waals surface area contributed by atoms with Crippen molar-refractivity contribution in [2.75, 3.05) is 20.3 Å².